The van der Waals surface area contributed by atoms with Crippen LogP contribution in [-0.2, 0) is 0 Å². The van der Waals surface area contributed by atoms with Crippen LogP contribution >= 0.6 is 0 Å². The largest absolute Gasteiger partial charge is 0.0991 e. The first-order valence-electron chi connectivity index (χ1n) is 9.36. The number of allylic oxidation sites excluding steroid dienone is 17. The van der Waals surface area contributed by atoms with Crippen molar-refractivity contribution in [1.29, 1.82) is 0 Å². The summed E-state index contributed by atoms with van der Waals surface area (Å²) in [5.74, 6) is 0. The number of hydrogen-bond acceptors (Lipinski definition) is 0. The molecule has 0 aliphatic heterocycles. The van der Waals surface area contributed by atoms with Crippen molar-refractivity contribution in [3.8, 4) is 0 Å². The molecule has 0 heteroatoms. The quantitative estimate of drug-likeness (QED) is 0.223. The normalized spacial score (nSPS) is 13.6. The minimum Gasteiger partial charge on any atom is -0.0991 e. The van der Waals surface area contributed by atoms with Gasteiger partial charge in [-0.15, -0.1) is 0 Å². The summed E-state index contributed by atoms with van der Waals surface area (Å²) in [6.45, 7) is 5.87. The standard InChI is InChI=1S/C25H34/c1-3-5-7-9-11-13-15-17-19-21-23-25-24-22-20-18-16-14-12-10-8-6-4-2/h3,5,7,9,11,13,15-25H,1,4,6,8,10,12,14H2,2H3/b7-5+,11-9+,15-13+,18-16+,19-17+,22-20+,23-21+,25-24+. The van der Waals surface area contributed by atoms with Gasteiger partial charge in [-0.05, 0) is 12.8 Å². The lowest BCUT2D eigenvalue weighted by molar-refractivity contribution is 0.637. The Morgan fingerprint density at radius 3 is 1.32 bits per heavy atom. The maximum Gasteiger partial charge on any atom is -0.0348 e. The Bertz CT molecular complexity index is 516. The molecule has 0 heterocycles. The first kappa shape index (κ1) is 22.7. The summed E-state index contributed by atoms with van der Waals surface area (Å²) in [6, 6.07) is 0. The van der Waals surface area contributed by atoms with Gasteiger partial charge in [0.2, 0.25) is 0 Å². The molecule has 0 saturated carbocycles. The zero-order chi connectivity index (χ0) is 18.3. The molecule has 0 atom stereocenters. The molecule has 134 valence electrons. The second-order valence-electron chi connectivity index (χ2n) is 5.56. The molecule has 0 aliphatic rings. The second-order valence-corrected chi connectivity index (χ2v) is 5.56. The Morgan fingerprint density at radius 2 is 0.880 bits per heavy atom. The summed E-state index contributed by atoms with van der Waals surface area (Å²) in [5, 5.41) is 0. The first-order chi connectivity index (χ1) is 12.4. The van der Waals surface area contributed by atoms with Crippen LogP contribution in [0.25, 0.3) is 0 Å². The SMILES string of the molecule is C=C/C=C/C=C/C=C/C=C/C=C/C=C/C=C/C=C/CCCCCCC. The Hall–Kier alpha value is -2.34. The molecule has 25 heavy (non-hydrogen) atoms. The first-order valence-corrected chi connectivity index (χ1v) is 9.36. The van der Waals surface area contributed by atoms with Crippen LogP contribution in [0.15, 0.2) is 110 Å². The maximum atomic E-state index is 3.61. The zero-order valence-electron chi connectivity index (χ0n) is 15.8. The van der Waals surface area contributed by atoms with Crippen LogP contribution in [0, 0.1) is 0 Å². The summed E-state index contributed by atoms with van der Waals surface area (Å²) in [7, 11) is 0. The van der Waals surface area contributed by atoms with E-state index in [2.05, 4.69) is 37.8 Å². The van der Waals surface area contributed by atoms with Crippen molar-refractivity contribution in [3.63, 3.8) is 0 Å². The van der Waals surface area contributed by atoms with E-state index in [4.69, 9.17) is 0 Å². The van der Waals surface area contributed by atoms with Crippen molar-refractivity contribution in [3.05, 3.63) is 110 Å². The molecule has 0 aromatic rings. The zero-order valence-corrected chi connectivity index (χ0v) is 15.8. The van der Waals surface area contributed by atoms with Gasteiger partial charge in [-0.2, -0.15) is 0 Å². The lowest BCUT2D eigenvalue weighted by atomic mass is 10.1. The van der Waals surface area contributed by atoms with E-state index >= 15 is 0 Å². The highest BCUT2D eigenvalue weighted by atomic mass is 13.9. The highest BCUT2D eigenvalue weighted by Crippen LogP contribution is 2.05. The van der Waals surface area contributed by atoms with Gasteiger partial charge in [0.1, 0.15) is 0 Å². The van der Waals surface area contributed by atoms with E-state index in [0.717, 1.165) is 0 Å². The third-order valence-corrected chi connectivity index (χ3v) is 3.30. The van der Waals surface area contributed by atoms with Crippen molar-refractivity contribution < 1.29 is 0 Å². The van der Waals surface area contributed by atoms with Crippen molar-refractivity contribution in [2.45, 2.75) is 45.4 Å². The van der Waals surface area contributed by atoms with Crippen molar-refractivity contribution >= 4 is 0 Å². The van der Waals surface area contributed by atoms with E-state index in [0.29, 0.717) is 0 Å². The lowest BCUT2D eigenvalue weighted by Crippen LogP contribution is -1.75. The summed E-state index contributed by atoms with van der Waals surface area (Å²) in [4.78, 5) is 0. The highest BCUT2D eigenvalue weighted by molar-refractivity contribution is 5.21. The topological polar surface area (TPSA) is 0 Å². The lowest BCUT2D eigenvalue weighted by Gasteiger charge is -1.95. The molecular formula is C25H34. The summed E-state index contributed by atoms with van der Waals surface area (Å²) in [5.41, 5.74) is 0. The van der Waals surface area contributed by atoms with Gasteiger partial charge >= 0.3 is 0 Å². The molecule has 0 amide bonds. The molecule has 0 N–H and O–H groups in total. The van der Waals surface area contributed by atoms with Gasteiger partial charge < -0.3 is 0 Å². The average molecular weight is 335 g/mol. The number of hydrogen-bond donors (Lipinski definition) is 0. The molecule has 0 fully saturated rings. The van der Waals surface area contributed by atoms with Crippen molar-refractivity contribution in [2.24, 2.45) is 0 Å². The molecule has 0 aromatic heterocycles. The van der Waals surface area contributed by atoms with E-state index in [1.807, 2.05) is 72.9 Å². The monoisotopic (exact) mass is 334 g/mol. The average Bonchev–Trinajstić information content (AvgIpc) is 2.63. The summed E-state index contributed by atoms with van der Waals surface area (Å²) >= 11 is 0. The van der Waals surface area contributed by atoms with Crippen LogP contribution in [0.1, 0.15) is 45.4 Å². The summed E-state index contributed by atoms with van der Waals surface area (Å²) < 4.78 is 0. The molecule has 0 saturated heterocycles. The van der Waals surface area contributed by atoms with Gasteiger partial charge in [-0.1, -0.05) is 142 Å². The van der Waals surface area contributed by atoms with Crippen LogP contribution in [0.3, 0.4) is 0 Å². The molecular weight excluding hydrogens is 300 g/mol. The van der Waals surface area contributed by atoms with Gasteiger partial charge in [0.15, 0.2) is 0 Å². The molecule has 0 aliphatic carbocycles. The van der Waals surface area contributed by atoms with Gasteiger partial charge in [0.05, 0.1) is 0 Å². The van der Waals surface area contributed by atoms with E-state index in [1.54, 1.807) is 6.08 Å². The molecule has 0 aromatic carbocycles. The highest BCUT2D eigenvalue weighted by Gasteiger charge is 1.85. The Morgan fingerprint density at radius 1 is 0.480 bits per heavy atom. The van der Waals surface area contributed by atoms with Gasteiger partial charge in [-0.3, -0.25) is 0 Å². The smallest absolute Gasteiger partial charge is 0.0348 e. The third kappa shape index (κ3) is 21.7. The predicted octanol–water partition coefficient (Wildman–Crippen LogP) is 7.98. The van der Waals surface area contributed by atoms with E-state index in [9.17, 15) is 0 Å². The van der Waals surface area contributed by atoms with Gasteiger partial charge in [-0.25, -0.2) is 0 Å². The second kappa shape index (κ2) is 21.7. The summed E-state index contributed by atoms with van der Waals surface area (Å²) in [6.07, 6.45) is 42.1. The fourth-order valence-electron chi connectivity index (χ4n) is 1.95. The van der Waals surface area contributed by atoms with E-state index in [1.165, 1.54) is 38.5 Å². The van der Waals surface area contributed by atoms with Crippen molar-refractivity contribution in [2.75, 3.05) is 0 Å². The fraction of sp³-hybridized carbons (Fsp3) is 0.280. The molecule has 0 radical (unpaired) electrons. The van der Waals surface area contributed by atoms with Crippen LogP contribution in [0.4, 0.5) is 0 Å². The molecule has 0 nitrogen and oxygen atoms in total. The van der Waals surface area contributed by atoms with Crippen molar-refractivity contribution in [1.82, 2.24) is 0 Å². The number of unbranched alkanes of at least 4 members (excludes halogenated alkanes) is 5. The van der Waals surface area contributed by atoms with Crippen LogP contribution in [-0.4, -0.2) is 0 Å². The maximum absolute atomic E-state index is 3.61. The molecule has 0 bridgehead atoms. The Labute approximate surface area is 155 Å². The van der Waals surface area contributed by atoms with E-state index < -0.39 is 0 Å². The fourth-order valence-corrected chi connectivity index (χ4v) is 1.95. The number of rotatable bonds is 14. The van der Waals surface area contributed by atoms with Gasteiger partial charge in [0, 0.05) is 0 Å². The Kier molecular flexibility index (Phi) is 19.6. The van der Waals surface area contributed by atoms with Crippen LogP contribution in [0.2, 0.25) is 0 Å². The van der Waals surface area contributed by atoms with E-state index in [-0.39, 0.29) is 0 Å². The molecule has 0 rings (SSSR count). The van der Waals surface area contributed by atoms with Gasteiger partial charge in [0.25, 0.3) is 0 Å². The molecule has 0 spiro atoms. The minimum absolute atomic E-state index is 1.19. The predicted molar refractivity (Wildman–Crippen MR) is 117 cm³/mol. The third-order valence-electron chi connectivity index (χ3n) is 3.30. The Balaban J connectivity index is 3.71. The van der Waals surface area contributed by atoms with Crippen LogP contribution < -0.4 is 0 Å². The minimum atomic E-state index is 1.19. The van der Waals surface area contributed by atoms with Crippen LogP contribution in [0.5, 0.6) is 0 Å². The molecule has 0 unspecified atom stereocenters.